The summed E-state index contributed by atoms with van der Waals surface area (Å²) in [4.78, 5) is 0. The van der Waals surface area contributed by atoms with Crippen LogP contribution in [0.15, 0.2) is 0 Å². The third-order valence-corrected chi connectivity index (χ3v) is 6.40. The van der Waals surface area contributed by atoms with Crippen molar-refractivity contribution < 1.29 is 53.5 Å². The van der Waals surface area contributed by atoms with Crippen molar-refractivity contribution in [3.8, 4) is 0 Å². The third-order valence-electron chi connectivity index (χ3n) is 3.57. The van der Waals surface area contributed by atoms with Gasteiger partial charge in [0, 0.05) is 34.0 Å². The van der Waals surface area contributed by atoms with Gasteiger partial charge < -0.3 is 18.0 Å². The normalized spacial score (nSPS) is 26.2. The van der Waals surface area contributed by atoms with E-state index < -0.39 is 45.8 Å². The first-order valence-corrected chi connectivity index (χ1v) is 8.53. The van der Waals surface area contributed by atoms with E-state index in [0.717, 1.165) is 0 Å². The van der Waals surface area contributed by atoms with Crippen molar-refractivity contribution in [3.63, 3.8) is 0 Å². The maximum Gasteiger partial charge on any atom is 0.500 e. The van der Waals surface area contributed by atoms with Crippen molar-refractivity contribution >= 4 is 8.80 Å². The van der Waals surface area contributed by atoms with E-state index in [0.29, 0.717) is 0 Å². The van der Waals surface area contributed by atoms with Crippen LogP contribution in [0.25, 0.3) is 0 Å². The molecular weight excluding hydrogens is 373 g/mol. The molecule has 0 amide bonds. The van der Waals surface area contributed by atoms with Crippen LogP contribution in [0, 0.1) is 0 Å². The monoisotopic (exact) mass is 390 g/mol. The van der Waals surface area contributed by atoms with Crippen LogP contribution >= 0.6 is 0 Å². The van der Waals surface area contributed by atoms with E-state index in [1.54, 1.807) is 0 Å². The van der Waals surface area contributed by atoms with Crippen LogP contribution in [0.2, 0.25) is 6.04 Å². The Kier molecular flexibility index (Phi) is 6.32. The fraction of sp³-hybridized carbons (Fsp3) is 1.00. The van der Waals surface area contributed by atoms with E-state index in [4.69, 9.17) is 13.3 Å². The largest absolute Gasteiger partial charge is 0.500 e. The fourth-order valence-electron chi connectivity index (χ4n) is 1.98. The van der Waals surface area contributed by atoms with Crippen LogP contribution in [0.1, 0.15) is 6.42 Å². The van der Waals surface area contributed by atoms with Gasteiger partial charge in [-0.2, -0.15) is 26.3 Å². The minimum atomic E-state index is -5.95. The molecule has 1 aliphatic heterocycles. The zero-order valence-electron chi connectivity index (χ0n) is 13.0. The smallest absolute Gasteiger partial charge is 0.378 e. The van der Waals surface area contributed by atoms with Crippen molar-refractivity contribution in [2.75, 3.05) is 34.5 Å². The van der Waals surface area contributed by atoms with Crippen molar-refractivity contribution in [1.29, 1.82) is 0 Å². The van der Waals surface area contributed by atoms with Gasteiger partial charge in [-0.1, -0.05) is 0 Å². The molecule has 5 nitrogen and oxygen atoms in total. The molecule has 0 bridgehead atoms. The summed E-state index contributed by atoms with van der Waals surface area (Å²) in [5.41, 5.74) is -5.00. The highest BCUT2D eigenvalue weighted by molar-refractivity contribution is 6.60. The Bertz CT molecular complexity index is 425. The van der Waals surface area contributed by atoms with Gasteiger partial charge in [0.25, 0.3) is 5.67 Å². The van der Waals surface area contributed by atoms with Crippen LogP contribution < -0.4 is 0 Å². The topological polar surface area (TPSA) is 49.5 Å². The van der Waals surface area contributed by atoms with Gasteiger partial charge in [0.2, 0.25) is 0 Å². The second-order valence-electron chi connectivity index (χ2n) is 4.96. The molecule has 1 heterocycles. The highest BCUT2D eigenvalue weighted by atomic mass is 28.4. The SMILES string of the molecule is CO[Si](CCCOCC(F)(C(F)(F)F)C1(F)OC1(F)F)(OC)OC. The number of halogens is 7. The predicted molar refractivity (Wildman–Crippen MR) is 66.8 cm³/mol. The predicted octanol–water partition coefficient (Wildman–Crippen LogP) is 2.83. The summed E-state index contributed by atoms with van der Waals surface area (Å²) in [5, 5.41) is 0. The molecule has 24 heavy (non-hydrogen) atoms. The van der Waals surface area contributed by atoms with Crippen molar-refractivity contribution in [3.05, 3.63) is 0 Å². The van der Waals surface area contributed by atoms with Gasteiger partial charge in [0.15, 0.2) is 0 Å². The lowest BCUT2D eigenvalue weighted by molar-refractivity contribution is -0.288. The van der Waals surface area contributed by atoms with Gasteiger partial charge in [0.05, 0.1) is 6.61 Å². The lowest BCUT2D eigenvalue weighted by Crippen LogP contribution is -2.56. The summed E-state index contributed by atoms with van der Waals surface area (Å²) in [5.74, 6) is -4.80. The zero-order valence-corrected chi connectivity index (χ0v) is 14.0. The number of ether oxygens (including phenoxy) is 2. The van der Waals surface area contributed by atoms with Crippen LogP contribution in [-0.2, 0) is 22.8 Å². The van der Waals surface area contributed by atoms with Crippen molar-refractivity contribution in [2.24, 2.45) is 0 Å². The number of epoxide rings is 1. The summed E-state index contributed by atoms with van der Waals surface area (Å²) in [6.45, 7) is -2.47. The number of alkyl halides is 7. The molecule has 144 valence electrons. The molecule has 2 atom stereocenters. The number of hydrogen-bond donors (Lipinski definition) is 0. The van der Waals surface area contributed by atoms with E-state index in [9.17, 15) is 30.7 Å². The first kappa shape index (κ1) is 21.6. The summed E-state index contributed by atoms with van der Waals surface area (Å²) in [6, 6.07) is 0.106. The second kappa shape index (κ2) is 7.03. The first-order valence-electron chi connectivity index (χ1n) is 6.60. The Morgan fingerprint density at radius 1 is 0.958 bits per heavy atom. The highest BCUT2D eigenvalue weighted by Crippen LogP contribution is 2.63. The second-order valence-corrected chi connectivity index (χ2v) is 8.06. The highest BCUT2D eigenvalue weighted by Gasteiger charge is 2.92. The molecule has 0 saturated carbocycles. The number of hydrogen-bond acceptors (Lipinski definition) is 5. The Morgan fingerprint density at radius 3 is 1.75 bits per heavy atom. The van der Waals surface area contributed by atoms with Crippen LogP contribution in [0.4, 0.5) is 30.7 Å². The fourth-order valence-corrected chi connectivity index (χ4v) is 3.67. The van der Waals surface area contributed by atoms with Crippen molar-refractivity contribution in [1.82, 2.24) is 0 Å². The van der Waals surface area contributed by atoms with E-state index in [2.05, 4.69) is 9.47 Å². The summed E-state index contributed by atoms with van der Waals surface area (Å²) >= 11 is 0. The minimum absolute atomic E-state index is 0.00617. The van der Waals surface area contributed by atoms with Gasteiger partial charge in [-0.15, -0.1) is 0 Å². The maximum absolute atomic E-state index is 13.9. The summed E-state index contributed by atoms with van der Waals surface area (Å²) < 4.78 is 113. The Hall–Kier alpha value is -0.473. The minimum Gasteiger partial charge on any atom is -0.378 e. The lowest BCUT2D eigenvalue weighted by atomic mass is 10.00. The molecular formula is C11H17F7O5Si. The van der Waals surface area contributed by atoms with E-state index in [-0.39, 0.29) is 12.5 Å². The van der Waals surface area contributed by atoms with Crippen LogP contribution in [0.3, 0.4) is 0 Å². The zero-order chi connectivity index (χ0) is 18.9. The lowest BCUT2D eigenvalue weighted by Gasteiger charge is -2.28. The molecule has 0 aromatic carbocycles. The molecule has 1 saturated heterocycles. The molecule has 0 aromatic heterocycles. The molecule has 13 heteroatoms. The standard InChI is InChI=1S/C11H17F7O5Si/c1-19-24(20-2,21-3)6-4-5-22-7-8(12,10(14,15)16)9(13)11(17,18)23-9/h4-7H2,1-3H3. The third kappa shape index (κ3) is 3.70. The molecule has 0 N–H and O–H groups in total. The Morgan fingerprint density at radius 2 is 1.42 bits per heavy atom. The average molecular weight is 390 g/mol. The molecule has 1 fully saturated rings. The van der Waals surface area contributed by atoms with Gasteiger partial charge >= 0.3 is 26.9 Å². The summed E-state index contributed by atoms with van der Waals surface area (Å²) in [6.07, 6.45) is -10.8. The van der Waals surface area contributed by atoms with Crippen LogP contribution in [0.5, 0.6) is 0 Å². The maximum atomic E-state index is 13.9. The van der Waals surface area contributed by atoms with E-state index in [1.165, 1.54) is 21.3 Å². The van der Waals surface area contributed by atoms with Gasteiger partial charge in [-0.25, -0.2) is 4.39 Å². The summed E-state index contributed by atoms with van der Waals surface area (Å²) in [7, 11) is 0.892. The molecule has 0 aromatic rings. The van der Waals surface area contributed by atoms with Crippen LogP contribution in [-0.4, -0.2) is 67.2 Å². The van der Waals surface area contributed by atoms with E-state index >= 15 is 0 Å². The molecule has 0 aliphatic carbocycles. The van der Waals surface area contributed by atoms with E-state index in [1.807, 2.05) is 0 Å². The molecule has 2 unspecified atom stereocenters. The Labute approximate surface area is 134 Å². The Balaban J connectivity index is 2.60. The molecule has 0 spiro atoms. The molecule has 1 rings (SSSR count). The van der Waals surface area contributed by atoms with Crippen molar-refractivity contribution in [2.45, 2.75) is 36.3 Å². The van der Waals surface area contributed by atoms with Gasteiger partial charge in [-0.05, 0) is 6.42 Å². The molecule has 0 radical (unpaired) electrons. The van der Waals surface area contributed by atoms with Gasteiger partial charge in [-0.3, -0.25) is 4.74 Å². The molecule has 1 aliphatic rings. The quantitative estimate of drug-likeness (QED) is 0.249. The number of rotatable bonds is 10. The first-order chi connectivity index (χ1) is 10.8. The van der Waals surface area contributed by atoms with Gasteiger partial charge in [0.1, 0.15) is 0 Å². The average Bonchev–Trinajstić information content (AvgIpc) is 3.02.